The van der Waals surface area contributed by atoms with Gasteiger partial charge in [0.15, 0.2) is 0 Å². The molecular formula is C79H151NO5. The molecule has 0 saturated heterocycles. The first-order chi connectivity index (χ1) is 42.0. The number of amides is 1. The normalized spacial score (nSPS) is 12.7. The summed E-state index contributed by atoms with van der Waals surface area (Å²) in [6.45, 7) is 4.95. The van der Waals surface area contributed by atoms with E-state index in [0.29, 0.717) is 19.4 Å². The van der Waals surface area contributed by atoms with Crippen molar-refractivity contribution in [3.05, 3.63) is 36.5 Å². The molecule has 1 amide bonds. The zero-order valence-electron chi connectivity index (χ0n) is 57.6. The third-order valence-electron chi connectivity index (χ3n) is 18.2. The summed E-state index contributed by atoms with van der Waals surface area (Å²) in [5, 5.41) is 23.3. The Hall–Kier alpha value is -1.92. The Labute approximate surface area is 532 Å². The molecule has 85 heavy (non-hydrogen) atoms. The number of unbranched alkanes of at least 4 members (excludes halogenated alkanes) is 58. The number of nitrogens with one attached hydrogen (secondary N) is 1. The second kappa shape index (κ2) is 74.5. The van der Waals surface area contributed by atoms with Gasteiger partial charge in [0.05, 0.1) is 25.4 Å². The lowest BCUT2D eigenvalue weighted by atomic mass is 10.0. The molecule has 3 N–H and O–H groups in total. The van der Waals surface area contributed by atoms with Gasteiger partial charge in [-0.3, -0.25) is 9.59 Å². The molecule has 2 atom stereocenters. The third kappa shape index (κ3) is 71.0. The summed E-state index contributed by atoms with van der Waals surface area (Å²) in [7, 11) is 0. The lowest BCUT2D eigenvalue weighted by Gasteiger charge is -2.20. The summed E-state index contributed by atoms with van der Waals surface area (Å²) < 4.78 is 5.51. The van der Waals surface area contributed by atoms with Gasteiger partial charge in [-0.25, -0.2) is 0 Å². The minimum absolute atomic E-state index is 0.0173. The van der Waals surface area contributed by atoms with E-state index >= 15 is 0 Å². The quantitative estimate of drug-likeness (QED) is 0.0320. The molecule has 0 fully saturated rings. The van der Waals surface area contributed by atoms with Crippen LogP contribution in [0.3, 0.4) is 0 Å². The van der Waals surface area contributed by atoms with Gasteiger partial charge in [-0.2, -0.15) is 0 Å². The maximum Gasteiger partial charge on any atom is 0.305 e. The molecule has 6 heteroatoms. The van der Waals surface area contributed by atoms with E-state index in [9.17, 15) is 19.8 Å². The number of ether oxygens (including phenoxy) is 1. The van der Waals surface area contributed by atoms with E-state index < -0.39 is 12.1 Å². The van der Waals surface area contributed by atoms with Crippen LogP contribution in [0.5, 0.6) is 0 Å². The van der Waals surface area contributed by atoms with Crippen molar-refractivity contribution in [2.24, 2.45) is 0 Å². The Morgan fingerprint density at radius 3 is 0.894 bits per heavy atom. The van der Waals surface area contributed by atoms with Crippen LogP contribution in [0.2, 0.25) is 0 Å². The van der Waals surface area contributed by atoms with Crippen LogP contribution in [-0.4, -0.2) is 47.4 Å². The average molecular weight is 1200 g/mol. The first-order valence-corrected chi connectivity index (χ1v) is 38.8. The number of carbonyl (C=O) groups excluding carboxylic acids is 2. The van der Waals surface area contributed by atoms with E-state index in [1.54, 1.807) is 6.08 Å². The molecule has 502 valence electrons. The van der Waals surface area contributed by atoms with Gasteiger partial charge in [-0.15, -0.1) is 0 Å². The lowest BCUT2D eigenvalue weighted by molar-refractivity contribution is -0.143. The molecule has 0 aromatic rings. The molecule has 2 unspecified atom stereocenters. The summed E-state index contributed by atoms with van der Waals surface area (Å²) in [4.78, 5) is 24.7. The molecule has 0 aliphatic carbocycles. The van der Waals surface area contributed by atoms with Crippen molar-refractivity contribution in [2.45, 2.75) is 443 Å². The molecular weight excluding hydrogens is 1040 g/mol. The predicted octanol–water partition coefficient (Wildman–Crippen LogP) is 25.4. The molecule has 0 rings (SSSR count). The Morgan fingerprint density at radius 1 is 0.329 bits per heavy atom. The smallest absolute Gasteiger partial charge is 0.305 e. The molecule has 0 saturated carbocycles. The molecule has 0 spiro atoms. The van der Waals surface area contributed by atoms with Crippen molar-refractivity contribution in [2.75, 3.05) is 13.2 Å². The molecule has 0 heterocycles. The number of hydrogen-bond acceptors (Lipinski definition) is 5. The van der Waals surface area contributed by atoms with Crippen LogP contribution in [0.1, 0.15) is 431 Å². The van der Waals surface area contributed by atoms with Crippen LogP contribution >= 0.6 is 0 Å². The van der Waals surface area contributed by atoms with E-state index in [2.05, 4.69) is 43.5 Å². The maximum atomic E-state index is 12.5. The predicted molar refractivity (Wildman–Crippen MR) is 375 cm³/mol. The fourth-order valence-corrected chi connectivity index (χ4v) is 12.3. The summed E-state index contributed by atoms with van der Waals surface area (Å²) in [6.07, 6.45) is 96.8. The van der Waals surface area contributed by atoms with Crippen molar-refractivity contribution < 1.29 is 24.5 Å². The molecule has 0 radical (unpaired) electrons. The Bertz CT molecular complexity index is 1380. The van der Waals surface area contributed by atoms with Gasteiger partial charge >= 0.3 is 5.97 Å². The van der Waals surface area contributed by atoms with E-state index in [0.717, 1.165) is 44.9 Å². The lowest BCUT2D eigenvalue weighted by Crippen LogP contribution is -2.45. The highest BCUT2D eigenvalue weighted by molar-refractivity contribution is 5.76. The number of rotatable bonds is 73. The fraction of sp³-hybridized carbons (Fsp3) is 0.899. The average Bonchev–Trinajstić information content (AvgIpc) is 3.51. The number of carbonyl (C=O) groups is 2. The second-order valence-corrected chi connectivity index (χ2v) is 26.7. The zero-order chi connectivity index (χ0) is 61.3. The molecule has 6 nitrogen and oxygen atoms in total. The topological polar surface area (TPSA) is 95.9 Å². The standard InChI is InChI=1S/C79H151NO5/c1-3-5-7-9-11-13-15-17-19-21-23-36-39-43-47-51-55-59-63-67-71-77(82)76(75-81)80-78(83)72-68-64-60-56-52-48-44-40-37-33-31-29-27-25-24-26-28-30-32-34-38-42-46-50-54-58-62-66-70-74-85-79(84)73-69-65-61-57-53-49-45-41-35-22-20-18-16-14-12-10-8-6-4-2/h24,26,30,32,67,71,76-77,81-82H,3-23,25,27-29,31,33-66,68-70,72-75H2,1-2H3,(H,80,83)/b26-24-,32-30-,71-67+. The van der Waals surface area contributed by atoms with Crippen molar-refractivity contribution in [1.82, 2.24) is 5.32 Å². The molecule has 0 aliphatic heterocycles. The molecule has 0 aliphatic rings. The summed E-state index contributed by atoms with van der Waals surface area (Å²) in [5.74, 6) is -0.0478. The summed E-state index contributed by atoms with van der Waals surface area (Å²) >= 11 is 0. The van der Waals surface area contributed by atoms with Gasteiger partial charge in [-0.05, 0) is 64.2 Å². The van der Waals surface area contributed by atoms with Gasteiger partial charge in [0.25, 0.3) is 0 Å². The van der Waals surface area contributed by atoms with Gasteiger partial charge in [0, 0.05) is 12.8 Å². The summed E-state index contributed by atoms with van der Waals surface area (Å²) in [6, 6.07) is -0.630. The molecule has 0 aromatic heterocycles. The Morgan fingerprint density at radius 2 is 0.588 bits per heavy atom. The molecule has 0 bridgehead atoms. The van der Waals surface area contributed by atoms with E-state index in [1.165, 1.54) is 360 Å². The van der Waals surface area contributed by atoms with Gasteiger partial charge in [0.1, 0.15) is 0 Å². The van der Waals surface area contributed by atoms with Crippen LogP contribution in [0.4, 0.5) is 0 Å². The van der Waals surface area contributed by atoms with Crippen molar-refractivity contribution >= 4 is 11.9 Å². The maximum absolute atomic E-state index is 12.5. The van der Waals surface area contributed by atoms with Crippen LogP contribution in [0, 0.1) is 0 Å². The number of esters is 1. The highest BCUT2D eigenvalue weighted by Crippen LogP contribution is 2.19. The van der Waals surface area contributed by atoms with Crippen LogP contribution in [0.15, 0.2) is 36.5 Å². The Kier molecular flexibility index (Phi) is 72.9. The number of hydrogen-bond donors (Lipinski definition) is 3. The Balaban J connectivity index is 3.40. The van der Waals surface area contributed by atoms with Crippen LogP contribution in [-0.2, 0) is 14.3 Å². The van der Waals surface area contributed by atoms with Crippen LogP contribution < -0.4 is 5.32 Å². The largest absolute Gasteiger partial charge is 0.466 e. The third-order valence-corrected chi connectivity index (χ3v) is 18.2. The monoisotopic (exact) mass is 1190 g/mol. The SMILES string of the molecule is CCCCCCCCCCCCCCCCCCCC/C=C/C(O)C(CO)NC(=O)CCCCCCCCCCCCCCC/C=C\C/C=C\CCCCCCCCCCCOC(=O)CCCCCCCCCCCCCCCCCCCCC. The second-order valence-electron chi connectivity index (χ2n) is 26.7. The minimum Gasteiger partial charge on any atom is -0.466 e. The zero-order valence-corrected chi connectivity index (χ0v) is 57.6. The van der Waals surface area contributed by atoms with Gasteiger partial charge < -0.3 is 20.3 Å². The van der Waals surface area contributed by atoms with Crippen LogP contribution in [0.25, 0.3) is 0 Å². The van der Waals surface area contributed by atoms with Gasteiger partial charge in [-0.1, -0.05) is 391 Å². The summed E-state index contributed by atoms with van der Waals surface area (Å²) in [5.41, 5.74) is 0. The van der Waals surface area contributed by atoms with E-state index in [1.807, 2.05) is 6.08 Å². The molecule has 0 aromatic carbocycles. The van der Waals surface area contributed by atoms with E-state index in [-0.39, 0.29) is 18.5 Å². The fourth-order valence-electron chi connectivity index (χ4n) is 12.3. The number of aliphatic hydroxyl groups excluding tert-OH is 2. The number of allylic oxidation sites excluding steroid dienone is 5. The van der Waals surface area contributed by atoms with E-state index in [4.69, 9.17) is 4.74 Å². The highest BCUT2D eigenvalue weighted by atomic mass is 16.5. The highest BCUT2D eigenvalue weighted by Gasteiger charge is 2.18. The minimum atomic E-state index is -0.847. The number of aliphatic hydroxyl groups is 2. The van der Waals surface area contributed by atoms with Crippen molar-refractivity contribution in [1.29, 1.82) is 0 Å². The first-order valence-electron chi connectivity index (χ1n) is 38.8. The van der Waals surface area contributed by atoms with Gasteiger partial charge in [0.2, 0.25) is 5.91 Å². The van der Waals surface area contributed by atoms with Crippen molar-refractivity contribution in [3.8, 4) is 0 Å². The van der Waals surface area contributed by atoms with Crippen molar-refractivity contribution in [3.63, 3.8) is 0 Å². The first kappa shape index (κ1) is 83.1.